The minimum Gasteiger partial charge on any atom is -0.341 e. The van der Waals surface area contributed by atoms with Crippen molar-refractivity contribution in [3.63, 3.8) is 0 Å². The molecule has 128 valence electrons. The highest BCUT2D eigenvalue weighted by Crippen LogP contribution is 2.29. The van der Waals surface area contributed by atoms with E-state index in [9.17, 15) is 0 Å². The minimum atomic E-state index is 0.232. The molecule has 3 nitrogen and oxygen atoms in total. The van der Waals surface area contributed by atoms with E-state index in [2.05, 4.69) is 77.4 Å². The summed E-state index contributed by atoms with van der Waals surface area (Å²) in [6.45, 7) is 13.5. The third-order valence-corrected chi connectivity index (χ3v) is 4.23. The van der Waals surface area contributed by atoms with Crippen LogP contribution in [0, 0.1) is 10.8 Å². The molecule has 0 atom stereocenters. The summed E-state index contributed by atoms with van der Waals surface area (Å²) < 4.78 is 2.20. The van der Waals surface area contributed by atoms with Gasteiger partial charge < -0.3 is 4.57 Å². The second-order valence-corrected chi connectivity index (χ2v) is 9.37. The largest absolute Gasteiger partial charge is 0.341 e. The Labute approximate surface area is 145 Å². The SMILES string of the molecule is Cn1c2ccc(CC(C)(C)C)nc2c2nc(CC(C)(C)C)ccc21. The third-order valence-electron chi connectivity index (χ3n) is 4.23. The number of fused-ring (bicyclic) bond motifs is 3. The smallest absolute Gasteiger partial charge is 0.115 e. The predicted octanol–water partition coefficient (Wildman–Crippen LogP) is 5.30. The number of hydrogen-bond donors (Lipinski definition) is 0. The van der Waals surface area contributed by atoms with E-state index in [1.54, 1.807) is 0 Å². The lowest BCUT2D eigenvalue weighted by Crippen LogP contribution is -2.10. The van der Waals surface area contributed by atoms with Crippen LogP contribution in [0.15, 0.2) is 24.3 Å². The minimum absolute atomic E-state index is 0.232. The van der Waals surface area contributed by atoms with Gasteiger partial charge in [-0.15, -0.1) is 0 Å². The topological polar surface area (TPSA) is 30.7 Å². The van der Waals surface area contributed by atoms with E-state index < -0.39 is 0 Å². The quantitative estimate of drug-likeness (QED) is 0.641. The zero-order chi connectivity index (χ0) is 17.7. The van der Waals surface area contributed by atoms with Crippen LogP contribution < -0.4 is 0 Å². The first-order chi connectivity index (χ1) is 11.0. The van der Waals surface area contributed by atoms with Gasteiger partial charge in [0.25, 0.3) is 0 Å². The van der Waals surface area contributed by atoms with E-state index in [1.165, 1.54) is 0 Å². The van der Waals surface area contributed by atoms with Crippen LogP contribution in [0.5, 0.6) is 0 Å². The lowest BCUT2D eigenvalue weighted by atomic mass is 9.90. The molecule has 0 aliphatic rings. The van der Waals surface area contributed by atoms with Crippen LogP contribution in [0.25, 0.3) is 22.1 Å². The summed E-state index contributed by atoms with van der Waals surface area (Å²) in [7, 11) is 2.10. The molecule has 3 heteroatoms. The van der Waals surface area contributed by atoms with Gasteiger partial charge in [0.05, 0.1) is 11.0 Å². The molecule has 0 bridgehead atoms. The number of aromatic nitrogens is 3. The van der Waals surface area contributed by atoms with Gasteiger partial charge in [-0.1, -0.05) is 41.5 Å². The van der Waals surface area contributed by atoms with Gasteiger partial charge in [-0.3, -0.25) is 0 Å². The third kappa shape index (κ3) is 3.45. The van der Waals surface area contributed by atoms with Crippen molar-refractivity contribution in [2.75, 3.05) is 0 Å². The molecular weight excluding hydrogens is 294 g/mol. The molecule has 3 rings (SSSR count). The molecule has 3 aromatic rings. The van der Waals surface area contributed by atoms with Gasteiger partial charge in [0.2, 0.25) is 0 Å². The number of rotatable bonds is 2. The second-order valence-electron chi connectivity index (χ2n) is 9.37. The molecular formula is C21H29N3. The number of aryl methyl sites for hydroxylation is 1. The summed E-state index contributed by atoms with van der Waals surface area (Å²) in [5, 5.41) is 0. The molecule has 0 amide bonds. The van der Waals surface area contributed by atoms with Gasteiger partial charge in [-0.05, 0) is 47.9 Å². The molecule has 0 saturated carbocycles. The van der Waals surface area contributed by atoms with E-state index in [1.807, 2.05) is 0 Å². The second kappa shape index (κ2) is 5.58. The van der Waals surface area contributed by atoms with Crippen LogP contribution in [0.1, 0.15) is 52.9 Å². The van der Waals surface area contributed by atoms with Crippen LogP contribution >= 0.6 is 0 Å². The number of nitrogens with zero attached hydrogens (tertiary/aromatic N) is 3. The fourth-order valence-electron chi connectivity index (χ4n) is 3.29. The maximum Gasteiger partial charge on any atom is 0.115 e. The highest BCUT2D eigenvalue weighted by Gasteiger charge is 2.17. The average molecular weight is 323 g/mol. The Morgan fingerprint density at radius 1 is 0.708 bits per heavy atom. The fourth-order valence-corrected chi connectivity index (χ4v) is 3.29. The van der Waals surface area contributed by atoms with Crippen molar-refractivity contribution in [1.82, 2.24) is 14.5 Å². The number of pyridine rings is 2. The molecule has 24 heavy (non-hydrogen) atoms. The van der Waals surface area contributed by atoms with Gasteiger partial charge in [-0.2, -0.15) is 0 Å². The van der Waals surface area contributed by atoms with Crippen molar-refractivity contribution in [2.24, 2.45) is 17.9 Å². The van der Waals surface area contributed by atoms with Gasteiger partial charge in [0.1, 0.15) is 11.0 Å². The summed E-state index contributed by atoms with van der Waals surface area (Å²) in [4.78, 5) is 9.93. The van der Waals surface area contributed by atoms with E-state index in [4.69, 9.17) is 9.97 Å². The Morgan fingerprint density at radius 3 is 1.42 bits per heavy atom. The van der Waals surface area contributed by atoms with Crippen molar-refractivity contribution < 1.29 is 0 Å². The van der Waals surface area contributed by atoms with Crippen LogP contribution in [0.4, 0.5) is 0 Å². The van der Waals surface area contributed by atoms with E-state index in [0.29, 0.717) is 0 Å². The van der Waals surface area contributed by atoms with E-state index in [0.717, 1.165) is 46.3 Å². The molecule has 0 aliphatic heterocycles. The summed E-state index contributed by atoms with van der Waals surface area (Å²) in [6.07, 6.45) is 1.95. The first-order valence-electron chi connectivity index (χ1n) is 8.77. The molecule has 0 saturated heterocycles. The monoisotopic (exact) mass is 323 g/mol. The summed E-state index contributed by atoms with van der Waals surface area (Å²) in [6, 6.07) is 8.69. The van der Waals surface area contributed by atoms with Crippen molar-refractivity contribution in [3.05, 3.63) is 35.7 Å². The Bertz CT molecular complexity index is 816. The normalized spacial score (nSPS) is 13.1. The summed E-state index contributed by atoms with van der Waals surface area (Å²) >= 11 is 0. The van der Waals surface area contributed by atoms with Gasteiger partial charge in [0.15, 0.2) is 0 Å². The van der Waals surface area contributed by atoms with Gasteiger partial charge in [-0.25, -0.2) is 9.97 Å². The van der Waals surface area contributed by atoms with E-state index in [-0.39, 0.29) is 10.8 Å². The summed E-state index contributed by atoms with van der Waals surface area (Å²) in [5.41, 5.74) is 7.13. The zero-order valence-electron chi connectivity index (χ0n) is 16.1. The van der Waals surface area contributed by atoms with Crippen LogP contribution in [0.2, 0.25) is 0 Å². The predicted molar refractivity (Wildman–Crippen MR) is 102 cm³/mol. The van der Waals surface area contributed by atoms with Gasteiger partial charge >= 0.3 is 0 Å². The number of hydrogen-bond acceptors (Lipinski definition) is 2. The molecule has 0 N–H and O–H groups in total. The standard InChI is InChI=1S/C21H29N3/c1-20(2,3)12-14-8-10-16-18(22-14)19-17(24(16)7)11-9-15(23-19)13-21(4,5)6/h8-11H,12-13H2,1-7H3. The molecule has 0 unspecified atom stereocenters. The van der Waals surface area contributed by atoms with Gasteiger partial charge in [0, 0.05) is 18.4 Å². The highest BCUT2D eigenvalue weighted by molar-refractivity contribution is 6.03. The lowest BCUT2D eigenvalue weighted by molar-refractivity contribution is 0.406. The maximum atomic E-state index is 4.96. The van der Waals surface area contributed by atoms with Crippen molar-refractivity contribution in [1.29, 1.82) is 0 Å². The Morgan fingerprint density at radius 2 is 1.08 bits per heavy atom. The Hall–Kier alpha value is -1.90. The van der Waals surface area contributed by atoms with Crippen LogP contribution in [-0.4, -0.2) is 14.5 Å². The average Bonchev–Trinajstić information content (AvgIpc) is 2.68. The van der Waals surface area contributed by atoms with Crippen LogP contribution in [-0.2, 0) is 19.9 Å². The Kier molecular flexibility index (Phi) is 3.94. The molecule has 3 heterocycles. The van der Waals surface area contributed by atoms with E-state index >= 15 is 0 Å². The first kappa shape index (κ1) is 16.9. The summed E-state index contributed by atoms with van der Waals surface area (Å²) in [5.74, 6) is 0. The van der Waals surface area contributed by atoms with Crippen molar-refractivity contribution >= 4 is 22.1 Å². The Balaban J connectivity index is 2.16. The lowest BCUT2D eigenvalue weighted by Gasteiger charge is -2.17. The molecule has 0 fully saturated rings. The van der Waals surface area contributed by atoms with Crippen molar-refractivity contribution in [2.45, 2.75) is 54.4 Å². The molecule has 3 aromatic heterocycles. The highest BCUT2D eigenvalue weighted by atomic mass is 15.0. The molecule has 0 aliphatic carbocycles. The zero-order valence-corrected chi connectivity index (χ0v) is 16.1. The molecule has 0 aromatic carbocycles. The molecule has 0 radical (unpaired) electrons. The van der Waals surface area contributed by atoms with Crippen molar-refractivity contribution in [3.8, 4) is 0 Å². The van der Waals surface area contributed by atoms with Crippen LogP contribution in [0.3, 0.4) is 0 Å². The molecule has 0 spiro atoms. The maximum absolute atomic E-state index is 4.96. The first-order valence-corrected chi connectivity index (χ1v) is 8.77. The fraction of sp³-hybridized carbons (Fsp3) is 0.524.